The van der Waals surface area contributed by atoms with Crippen LogP contribution in [-0.4, -0.2) is 19.3 Å². The lowest BCUT2D eigenvalue weighted by molar-refractivity contribution is 0.296. The van der Waals surface area contributed by atoms with Crippen LogP contribution in [0.1, 0.15) is 18.9 Å². The highest BCUT2D eigenvalue weighted by molar-refractivity contribution is 9.10. The molecule has 0 aliphatic carbocycles. The van der Waals surface area contributed by atoms with Crippen molar-refractivity contribution in [3.63, 3.8) is 0 Å². The van der Waals surface area contributed by atoms with E-state index in [-0.39, 0.29) is 11.9 Å². The van der Waals surface area contributed by atoms with Crippen molar-refractivity contribution >= 4 is 15.9 Å². The summed E-state index contributed by atoms with van der Waals surface area (Å²) in [5, 5.41) is 0. The van der Waals surface area contributed by atoms with Crippen LogP contribution in [0.4, 0.5) is 4.39 Å². The SMILES string of the molecule is CC(N)Cc1cc2c(c(Br)c1F)OCCCO2. The van der Waals surface area contributed by atoms with Gasteiger partial charge >= 0.3 is 0 Å². The van der Waals surface area contributed by atoms with Crippen LogP contribution in [0.5, 0.6) is 11.5 Å². The number of hydrogen-bond donors (Lipinski definition) is 1. The van der Waals surface area contributed by atoms with E-state index in [0.717, 1.165) is 6.42 Å². The maximum absolute atomic E-state index is 14.0. The summed E-state index contributed by atoms with van der Waals surface area (Å²) in [6.45, 7) is 2.97. The second-order valence-corrected chi connectivity index (χ2v) is 5.02. The third-order valence-corrected chi connectivity index (χ3v) is 3.25. The maximum Gasteiger partial charge on any atom is 0.178 e. The number of rotatable bonds is 2. The van der Waals surface area contributed by atoms with Crippen LogP contribution in [0.3, 0.4) is 0 Å². The first kappa shape index (κ1) is 12.6. The van der Waals surface area contributed by atoms with Gasteiger partial charge in [0.1, 0.15) is 5.82 Å². The molecule has 0 bridgehead atoms. The number of fused-ring (bicyclic) bond motifs is 1. The predicted molar refractivity (Wildman–Crippen MR) is 67.1 cm³/mol. The smallest absolute Gasteiger partial charge is 0.178 e. The Kier molecular flexibility index (Phi) is 3.89. The van der Waals surface area contributed by atoms with Crippen LogP contribution in [-0.2, 0) is 6.42 Å². The fourth-order valence-electron chi connectivity index (χ4n) is 1.79. The first-order valence-corrected chi connectivity index (χ1v) is 6.41. The minimum absolute atomic E-state index is 0.0962. The molecule has 1 unspecified atom stereocenters. The molecule has 0 saturated heterocycles. The highest BCUT2D eigenvalue weighted by atomic mass is 79.9. The summed E-state index contributed by atoms with van der Waals surface area (Å²) in [6.07, 6.45) is 1.27. The van der Waals surface area contributed by atoms with Gasteiger partial charge in [0.15, 0.2) is 11.5 Å². The Morgan fingerprint density at radius 2 is 2.18 bits per heavy atom. The Morgan fingerprint density at radius 1 is 1.47 bits per heavy atom. The van der Waals surface area contributed by atoms with Gasteiger partial charge in [-0.05, 0) is 40.9 Å². The van der Waals surface area contributed by atoms with Crippen LogP contribution in [0.2, 0.25) is 0 Å². The fourth-order valence-corrected chi connectivity index (χ4v) is 2.35. The predicted octanol–water partition coefficient (Wildman–Crippen LogP) is 2.64. The van der Waals surface area contributed by atoms with Crippen molar-refractivity contribution in [1.82, 2.24) is 0 Å². The molecular weight excluding hydrogens is 289 g/mol. The van der Waals surface area contributed by atoms with E-state index in [1.807, 2.05) is 6.92 Å². The topological polar surface area (TPSA) is 44.5 Å². The lowest BCUT2D eigenvalue weighted by Crippen LogP contribution is -2.18. The molecule has 1 aliphatic heterocycles. The van der Waals surface area contributed by atoms with Gasteiger partial charge in [-0.3, -0.25) is 0 Å². The van der Waals surface area contributed by atoms with Crippen LogP contribution in [0.15, 0.2) is 10.5 Å². The van der Waals surface area contributed by atoms with Gasteiger partial charge < -0.3 is 15.2 Å². The van der Waals surface area contributed by atoms with E-state index in [2.05, 4.69) is 15.9 Å². The van der Waals surface area contributed by atoms with E-state index in [1.54, 1.807) is 6.07 Å². The third kappa shape index (κ3) is 2.72. The third-order valence-electron chi connectivity index (χ3n) is 2.54. The molecule has 0 saturated carbocycles. The van der Waals surface area contributed by atoms with Crippen molar-refractivity contribution in [2.24, 2.45) is 5.73 Å². The lowest BCUT2D eigenvalue weighted by Gasteiger charge is -2.14. The van der Waals surface area contributed by atoms with E-state index in [0.29, 0.717) is 41.2 Å². The first-order valence-electron chi connectivity index (χ1n) is 5.61. The van der Waals surface area contributed by atoms with E-state index in [1.165, 1.54) is 0 Å². The number of nitrogens with two attached hydrogens (primary N) is 1. The van der Waals surface area contributed by atoms with Gasteiger partial charge in [-0.2, -0.15) is 0 Å². The van der Waals surface area contributed by atoms with E-state index < -0.39 is 0 Å². The van der Waals surface area contributed by atoms with Gasteiger partial charge in [0.2, 0.25) is 0 Å². The van der Waals surface area contributed by atoms with E-state index >= 15 is 0 Å². The van der Waals surface area contributed by atoms with E-state index in [4.69, 9.17) is 15.2 Å². The molecule has 0 amide bonds. The van der Waals surface area contributed by atoms with Gasteiger partial charge in [-0.15, -0.1) is 0 Å². The van der Waals surface area contributed by atoms with Gasteiger partial charge in [-0.25, -0.2) is 4.39 Å². The summed E-state index contributed by atoms with van der Waals surface area (Å²) >= 11 is 3.22. The van der Waals surface area contributed by atoms with Crippen LogP contribution < -0.4 is 15.2 Å². The second kappa shape index (κ2) is 5.23. The molecule has 5 heteroatoms. The number of halogens is 2. The molecule has 0 spiro atoms. The Bertz CT molecular complexity index is 423. The molecule has 0 radical (unpaired) electrons. The average molecular weight is 304 g/mol. The van der Waals surface area contributed by atoms with Gasteiger partial charge in [0.05, 0.1) is 17.7 Å². The van der Waals surface area contributed by atoms with Crippen molar-refractivity contribution in [3.8, 4) is 11.5 Å². The summed E-state index contributed by atoms with van der Waals surface area (Å²) in [5.74, 6) is 0.728. The number of benzene rings is 1. The number of ether oxygens (including phenoxy) is 2. The summed E-state index contributed by atoms with van der Waals surface area (Å²) in [7, 11) is 0. The molecule has 2 rings (SSSR count). The summed E-state index contributed by atoms with van der Waals surface area (Å²) < 4.78 is 25.4. The van der Waals surface area contributed by atoms with E-state index in [9.17, 15) is 4.39 Å². The zero-order valence-electron chi connectivity index (χ0n) is 9.63. The van der Waals surface area contributed by atoms with Crippen LogP contribution in [0, 0.1) is 5.82 Å². The van der Waals surface area contributed by atoms with Crippen molar-refractivity contribution < 1.29 is 13.9 Å². The molecule has 17 heavy (non-hydrogen) atoms. The molecule has 1 aromatic carbocycles. The number of hydrogen-bond acceptors (Lipinski definition) is 3. The van der Waals surface area contributed by atoms with Crippen LogP contribution in [0.25, 0.3) is 0 Å². The average Bonchev–Trinajstić information content (AvgIpc) is 2.50. The lowest BCUT2D eigenvalue weighted by atomic mass is 10.1. The molecule has 1 aromatic rings. The zero-order chi connectivity index (χ0) is 12.4. The highest BCUT2D eigenvalue weighted by Crippen LogP contribution is 2.40. The van der Waals surface area contributed by atoms with Crippen molar-refractivity contribution in [2.75, 3.05) is 13.2 Å². The molecular formula is C12H15BrFNO2. The van der Waals surface area contributed by atoms with Crippen molar-refractivity contribution in [1.29, 1.82) is 0 Å². The maximum atomic E-state index is 14.0. The Hall–Kier alpha value is -0.810. The molecule has 1 atom stereocenters. The summed E-state index contributed by atoms with van der Waals surface area (Å²) in [5.41, 5.74) is 6.25. The molecule has 0 aromatic heterocycles. The fraction of sp³-hybridized carbons (Fsp3) is 0.500. The van der Waals surface area contributed by atoms with Crippen LogP contribution >= 0.6 is 15.9 Å². The zero-order valence-corrected chi connectivity index (χ0v) is 11.2. The second-order valence-electron chi connectivity index (χ2n) is 4.22. The van der Waals surface area contributed by atoms with Crippen molar-refractivity contribution in [3.05, 3.63) is 21.9 Å². The molecule has 3 nitrogen and oxygen atoms in total. The molecule has 0 fully saturated rings. The minimum atomic E-state index is -0.313. The molecule has 2 N–H and O–H groups in total. The quantitative estimate of drug-likeness (QED) is 0.913. The minimum Gasteiger partial charge on any atom is -0.490 e. The Labute approximate surface area is 108 Å². The standard InChI is InChI=1S/C12H15BrFNO2/c1-7(15)5-8-6-9-12(10(13)11(8)14)17-4-2-3-16-9/h6-7H,2-5,15H2,1H3. The highest BCUT2D eigenvalue weighted by Gasteiger charge is 2.21. The Balaban J connectivity index is 2.43. The first-order chi connectivity index (χ1) is 8.09. The summed E-state index contributed by atoms with van der Waals surface area (Å²) in [6, 6.07) is 1.59. The normalized spacial score (nSPS) is 16.5. The molecule has 1 heterocycles. The molecule has 94 valence electrons. The van der Waals surface area contributed by atoms with Gasteiger partial charge in [-0.1, -0.05) is 0 Å². The Morgan fingerprint density at radius 3 is 2.88 bits per heavy atom. The molecule has 1 aliphatic rings. The largest absolute Gasteiger partial charge is 0.490 e. The van der Waals surface area contributed by atoms with Gasteiger partial charge in [0, 0.05) is 12.5 Å². The van der Waals surface area contributed by atoms with Crippen molar-refractivity contribution in [2.45, 2.75) is 25.8 Å². The monoisotopic (exact) mass is 303 g/mol. The summed E-state index contributed by atoms with van der Waals surface area (Å²) in [4.78, 5) is 0. The van der Waals surface area contributed by atoms with Gasteiger partial charge in [0.25, 0.3) is 0 Å².